The zero-order chi connectivity index (χ0) is 22.6. The Kier molecular flexibility index (Phi) is 5.85. The van der Waals surface area contributed by atoms with E-state index in [-0.39, 0.29) is 5.91 Å². The van der Waals surface area contributed by atoms with Crippen molar-refractivity contribution in [3.8, 4) is 11.3 Å². The van der Waals surface area contributed by atoms with Crippen molar-refractivity contribution in [3.05, 3.63) is 107 Å². The molecule has 0 radical (unpaired) electrons. The van der Waals surface area contributed by atoms with Gasteiger partial charge in [0.2, 0.25) is 5.91 Å². The molecule has 3 aromatic carbocycles. The van der Waals surface area contributed by atoms with Gasteiger partial charge in [-0.3, -0.25) is 9.78 Å². The van der Waals surface area contributed by atoms with Gasteiger partial charge in [-0.1, -0.05) is 60.7 Å². The van der Waals surface area contributed by atoms with Crippen LogP contribution in [0.25, 0.3) is 11.3 Å². The van der Waals surface area contributed by atoms with Gasteiger partial charge in [-0.15, -0.1) is 0 Å². The average Bonchev–Trinajstić information content (AvgIpc) is 3.23. The Hall–Kier alpha value is -3.99. The number of aromatic nitrogens is 2. The van der Waals surface area contributed by atoms with Crippen LogP contribution in [0.1, 0.15) is 22.3 Å². The third kappa shape index (κ3) is 4.77. The van der Waals surface area contributed by atoms with Gasteiger partial charge in [-0.2, -0.15) is 0 Å². The molecule has 5 nitrogen and oxygen atoms in total. The topological polar surface area (TPSA) is 58.1 Å². The number of anilines is 2. The lowest BCUT2D eigenvalue weighted by molar-refractivity contribution is -0.115. The first-order valence-corrected chi connectivity index (χ1v) is 11.2. The zero-order valence-corrected chi connectivity index (χ0v) is 18.7. The number of hydrogen-bond acceptors (Lipinski definition) is 4. The first-order valence-electron chi connectivity index (χ1n) is 11.2. The van der Waals surface area contributed by atoms with Crippen molar-refractivity contribution in [1.82, 2.24) is 9.97 Å². The fourth-order valence-corrected chi connectivity index (χ4v) is 4.32. The van der Waals surface area contributed by atoms with E-state index in [1.54, 1.807) is 12.4 Å². The average molecular weight is 435 g/mol. The van der Waals surface area contributed by atoms with E-state index in [1.807, 2.05) is 30.3 Å². The van der Waals surface area contributed by atoms with E-state index in [0.29, 0.717) is 12.2 Å². The third-order valence-corrected chi connectivity index (χ3v) is 6.10. The molecule has 0 spiro atoms. The Morgan fingerprint density at radius 2 is 1.82 bits per heavy atom. The lowest BCUT2D eigenvalue weighted by Crippen LogP contribution is -2.20. The van der Waals surface area contributed by atoms with Gasteiger partial charge in [0.1, 0.15) is 0 Å². The highest BCUT2D eigenvalue weighted by Crippen LogP contribution is 2.33. The second-order valence-corrected chi connectivity index (χ2v) is 8.44. The number of carbonyl (C=O) groups excluding carboxylic acids is 1. The number of nitrogens with one attached hydrogen (secondary N) is 1. The summed E-state index contributed by atoms with van der Waals surface area (Å²) in [6.45, 7) is 4.09. The van der Waals surface area contributed by atoms with Crippen LogP contribution in [0.5, 0.6) is 0 Å². The Morgan fingerprint density at radius 1 is 1.00 bits per heavy atom. The lowest BCUT2D eigenvalue weighted by Gasteiger charge is -2.21. The van der Waals surface area contributed by atoms with Crippen LogP contribution in [0.15, 0.2) is 85.2 Å². The smallest absolute Gasteiger partial charge is 0.229 e. The van der Waals surface area contributed by atoms with Crippen LogP contribution in [0.3, 0.4) is 0 Å². The molecule has 0 aliphatic carbocycles. The van der Waals surface area contributed by atoms with Crippen LogP contribution < -0.4 is 10.2 Å². The molecule has 1 amide bonds. The SMILES string of the molecule is Cc1ccccc1CN1CCc2cc(-c3cncc(NC(=O)Cc4ccccc4)n3)ccc21. The molecule has 0 unspecified atom stereocenters. The Morgan fingerprint density at radius 3 is 2.67 bits per heavy atom. The number of nitrogens with zero attached hydrogens (tertiary/aromatic N) is 3. The van der Waals surface area contributed by atoms with Crippen LogP contribution >= 0.6 is 0 Å². The number of rotatable bonds is 6. The molecule has 2 heterocycles. The summed E-state index contributed by atoms with van der Waals surface area (Å²) in [5, 5.41) is 2.87. The first kappa shape index (κ1) is 20.9. The quantitative estimate of drug-likeness (QED) is 0.453. The predicted octanol–water partition coefficient (Wildman–Crippen LogP) is 5.20. The molecule has 33 heavy (non-hydrogen) atoms. The molecule has 5 rings (SSSR count). The number of amides is 1. The minimum Gasteiger partial charge on any atom is -0.367 e. The molecule has 0 atom stereocenters. The molecule has 0 saturated carbocycles. The molecule has 4 aromatic rings. The number of hydrogen-bond donors (Lipinski definition) is 1. The van der Waals surface area contributed by atoms with Gasteiger partial charge in [-0.05, 0) is 47.7 Å². The van der Waals surface area contributed by atoms with Crippen molar-refractivity contribution in [2.24, 2.45) is 0 Å². The fraction of sp³-hybridized carbons (Fsp3) is 0.179. The van der Waals surface area contributed by atoms with Crippen molar-refractivity contribution in [3.63, 3.8) is 0 Å². The maximum Gasteiger partial charge on any atom is 0.229 e. The number of aryl methyl sites for hydroxylation is 1. The standard InChI is InChI=1S/C28H26N4O/c1-20-7-5-6-10-24(20)19-32-14-13-23-16-22(11-12-26(23)32)25-17-29-18-27(30-25)31-28(33)15-21-8-3-2-4-9-21/h2-12,16-18H,13-15,19H2,1H3,(H,30,31,33). The van der Waals surface area contributed by atoms with Gasteiger partial charge in [0.25, 0.3) is 0 Å². The summed E-state index contributed by atoms with van der Waals surface area (Å²) in [5.74, 6) is 0.364. The Bertz CT molecular complexity index is 1290. The van der Waals surface area contributed by atoms with Crippen molar-refractivity contribution in [1.29, 1.82) is 0 Å². The van der Waals surface area contributed by atoms with Gasteiger partial charge in [0.05, 0.1) is 24.5 Å². The molecule has 1 N–H and O–H groups in total. The first-order chi connectivity index (χ1) is 16.2. The fourth-order valence-electron chi connectivity index (χ4n) is 4.32. The highest BCUT2D eigenvalue weighted by Gasteiger charge is 2.20. The Balaban J connectivity index is 1.30. The Labute approximate surface area is 194 Å². The van der Waals surface area contributed by atoms with Crippen molar-refractivity contribution in [2.75, 3.05) is 16.8 Å². The third-order valence-electron chi connectivity index (χ3n) is 6.10. The van der Waals surface area contributed by atoms with Crippen LogP contribution in [-0.2, 0) is 24.2 Å². The number of fused-ring (bicyclic) bond motifs is 1. The van der Waals surface area contributed by atoms with Gasteiger partial charge in [0.15, 0.2) is 5.82 Å². The minimum absolute atomic E-state index is 0.103. The molecule has 5 heteroatoms. The monoisotopic (exact) mass is 434 g/mol. The second-order valence-electron chi connectivity index (χ2n) is 8.44. The highest BCUT2D eigenvalue weighted by atomic mass is 16.1. The lowest BCUT2D eigenvalue weighted by atomic mass is 10.1. The van der Waals surface area contributed by atoms with Crippen LogP contribution in [0.2, 0.25) is 0 Å². The summed E-state index contributed by atoms with van der Waals surface area (Å²) in [7, 11) is 0. The van der Waals surface area contributed by atoms with E-state index in [4.69, 9.17) is 0 Å². The maximum absolute atomic E-state index is 12.4. The molecule has 0 bridgehead atoms. The molecule has 1 aliphatic rings. The maximum atomic E-state index is 12.4. The zero-order valence-electron chi connectivity index (χ0n) is 18.7. The summed E-state index contributed by atoms with van der Waals surface area (Å²) in [6, 6.07) is 24.7. The summed E-state index contributed by atoms with van der Waals surface area (Å²) < 4.78 is 0. The van der Waals surface area contributed by atoms with Gasteiger partial charge < -0.3 is 10.2 Å². The van der Waals surface area contributed by atoms with Gasteiger partial charge in [-0.25, -0.2) is 4.98 Å². The predicted molar refractivity (Wildman–Crippen MR) is 132 cm³/mol. The summed E-state index contributed by atoms with van der Waals surface area (Å²) >= 11 is 0. The van der Waals surface area contributed by atoms with Crippen molar-refractivity contribution < 1.29 is 4.79 Å². The molecular weight excluding hydrogens is 408 g/mol. The molecule has 1 aromatic heterocycles. The normalized spacial score (nSPS) is 12.5. The highest BCUT2D eigenvalue weighted by molar-refractivity contribution is 5.91. The summed E-state index contributed by atoms with van der Waals surface area (Å²) in [6.07, 6.45) is 4.65. The molecular formula is C28H26N4O. The van der Waals surface area contributed by atoms with Crippen molar-refractivity contribution >= 4 is 17.4 Å². The van der Waals surface area contributed by atoms with Crippen LogP contribution in [0, 0.1) is 6.92 Å². The van der Waals surface area contributed by atoms with E-state index >= 15 is 0 Å². The summed E-state index contributed by atoms with van der Waals surface area (Å²) in [4.78, 5) is 23.8. The second kappa shape index (κ2) is 9.25. The molecule has 164 valence electrons. The van der Waals surface area contributed by atoms with E-state index in [2.05, 4.69) is 69.6 Å². The number of benzene rings is 3. The van der Waals surface area contributed by atoms with Crippen molar-refractivity contribution in [2.45, 2.75) is 26.3 Å². The molecule has 1 aliphatic heterocycles. The van der Waals surface area contributed by atoms with Gasteiger partial charge >= 0.3 is 0 Å². The largest absolute Gasteiger partial charge is 0.367 e. The van der Waals surface area contributed by atoms with E-state index in [1.165, 1.54) is 22.4 Å². The van der Waals surface area contributed by atoms with E-state index in [0.717, 1.165) is 36.3 Å². The minimum atomic E-state index is -0.103. The van der Waals surface area contributed by atoms with Gasteiger partial charge in [0, 0.05) is 24.3 Å². The van der Waals surface area contributed by atoms with Crippen LogP contribution in [0.4, 0.5) is 11.5 Å². The number of carbonyl (C=O) groups is 1. The molecule has 0 saturated heterocycles. The van der Waals surface area contributed by atoms with E-state index < -0.39 is 0 Å². The molecule has 0 fully saturated rings. The summed E-state index contributed by atoms with van der Waals surface area (Å²) in [5.41, 5.74) is 8.02. The van der Waals surface area contributed by atoms with Crippen LogP contribution in [-0.4, -0.2) is 22.4 Å². The van der Waals surface area contributed by atoms with E-state index in [9.17, 15) is 4.79 Å².